The molecule has 2 aromatic heterocycles. The molecule has 5 aromatic rings. The van der Waals surface area contributed by atoms with E-state index in [0.29, 0.717) is 38.5 Å². The smallest absolute Gasteiger partial charge is 0.338 e. The third-order valence-corrected chi connectivity index (χ3v) is 8.58. The summed E-state index contributed by atoms with van der Waals surface area (Å²) in [7, 11) is 1.59. The number of para-hydroxylation sites is 1. The van der Waals surface area contributed by atoms with Gasteiger partial charge in [-0.3, -0.25) is 9.36 Å². The second-order valence-corrected chi connectivity index (χ2v) is 11.8. The molecule has 220 valence electrons. The van der Waals surface area contributed by atoms with Crippen LogP contribution in [0.3, 0.4) is 0 Å². The van der Waals surface area contributed by atoms with Gasteiger partial charge < -0.3 is 14.0 Å². The van der Waals surface area contributed by atoms with E-state index in [-0.39, 0.29) is 11.7 Å². The van der Waals surface area contributed by atoms with Crippen LogP contribution in [0.1, 0.15) is 49.1 Å². The Kier molecular flexibility index (Phi) is 7.77. The maximum absolute atomic E-state index is 14.2. The van der Waals surface area contributed by atoms with Crippen LogP contribution in [0.15, 0.2) is 100 Å². The van der Waals surface area contributed by atoms with Crippen LogP contribution in [0.25, 0.3) is 17.0 Å². The van der Waals surface area contributed by atoms with Gasteiger partial charge in [0.15, 0.2) is 4.80 Å². The van der Waals surface area contributed by atoms with E-state index in [9.17, 15) is 14.9 Å². The minimum absolute atomic E-state index is 0.247. The maximum Gasteiger partial charge on any atom is 0.338 e. The number of thiazole rings is 1. The van der Waals surface area contributed by atoms with Crippen LogP contribution in [-0.2, 0) is 16.1 Å². The standard InChI is InChI=1S/C35H30N4O4S/c1-21(2)43-34(41)31-22(3)37-35-39(32(31)23-13-15-27(42-4)16-14-23)33(40)30(44-35)17-26-20-38(29-12-8-7-11-28(26)29)19-25-10-6-5-9-24(25)18-36/h5-17,20-21,32H,19H2,1-4H3/b30-17+/t32-/m0/s1. The number of nitriles is 1. The number of fused-ring (bicyclic) bond motifs is 2. The normalized spacial score (nSPS) is 14.8. The highest BCUT2D eigenvalue weighted by Gasteiger charge is 2.33. The minimum atomic E-state index is -0.714. The molecule has 9 heteroatoms. The maximum atomic E-state index is 14.2. The molecule has 0 unspecified atom stereocenters. The van der Waals surface area contributed by atoms with Crippen molar-refractivity contribution in [2.24, 2.45) is 4.99 Å². The zero-order valence-electron chi connectivity index (χ0n) is 24.8. The van der Waals surface area contributed by atoms with Crippen LogP contribution >= 0.6 is 11.3 Å². The van der Waals surface area contributed by atoms with E-state index in [1.54, 1.807) is 32.4 Å². The van der Waals surface area contributed by atoms with E-state index in [1.165, 1.54) is 11.3 Å². The Bertz CT molecular complexity index is 2160. The number of allylic oxidation sites excluding steroid dienone is 1. The van der Waals surface area contributed by atoms with Crippen molar-refractivity contribution in [3.05, 3.63) is 132 Å². The van der Waals surface area contributed by atoms with Gasteiger partial charge in [0.2, 0.25) is 0 Å². The fourth-order valence-corrected chi connectivity index (χ4v) is 6.61. The van der Waals surface area contributed by atoms with Gasteiger partial charge in [0.25, 0.3) is 5.56 Å². The molecule has 44 heavy (non-hydrogen) atoms. The number of methoxy groups -OCH3 is 1. The highest BCUT2D eigenvalue weighted by Crippen LogP contribution is 2.32. The molecular weight excluding hydrogens is 572 g/mol. The van der Waals surface area contributed by atoms with Crippen molar-refractivity contribution in [2.45, 2.75) is 39.5 Å². The summed E-state index contributed by atoms with van der Waals surface area (Å²) < 4.78 is 15.1. The Labute approximate surface area is 258 Å². The highest BCUT2D eigenvalue weighted by atomic mass is 32.1. The SMILES string of the molecule is COc1ccc([C@H]2C(C(=O)OC(C)C)=C(C)N=c3s/c(=C/c4cn(Cc5ccccc5C#N)c5ccccc45)c(=O)n32)cc1. The number of carbonyl (C=O) groups excluding carboxylic acids is 1. The van der Waals surface area contributed by atoms with Gasteiger partial charge in [0.05, 0.1) is 46.7 Å². The van der Waals surface area contributed by atoms with Crippen molar-refractivity contribution in [3.8, 4) is 11.8 Å². The average molecular weight is 603 g/mol. The third-order valence-electron chi connectivity index (χ3n) is 7.60. The Hall–Kier alpha value is -5.20. The molecule has 1 aliphatic rings. The quantitative estimate of drug-likeness (QED) is 0.242. The van der Waals surface area contributed by atoms with Crippen LogP contribution in [0.5, 0.6) is 5.75 Å². The molecule has 8 nitrogen and oxygen atoms in total. The lowest BCUT2D eigenvalue weighted by Gasteiger charge is -2.25. The zero-order chi connectivity index (χ0) is 31.0. The number of esters is 1. The lowest BCUT2D eigenvalue weighted by atomic mass is 9.96. The summed E-state index contributed by atoms with van der Waals surface area (Å²) >= 11 is 1.29. The predicted octanol–water partition coefficient (Wildman–Crippen LogP) is 5.07. The van der Waals surface area contributed by atoms with Gasteiger partial charge in [-0.1, -0.05) is 59.9 Å². The van der Waals surface area contributed by atoms with Crippen molar-refractivity contribution in [1.29, 1.82) is 5.26 Å². The Morgan fingerprint density at radius 1 is 1.09 bits per heavy atom. The van der Waals surface area contributed by atoms with Gasteiger partial charge >= 0.3 is 5.97 Å². The minimum Gasteiger partial charge on any atom is -0.497 e. The first-order valence-electron chi connectivity index (χ1n) is 14.2. The molecule has 0 amide bonds. The molecule has 3 aromatic carbocycles. The van der Waals surface area contributed by atoms with Crippen LogP contribution < -0.4 is 19.6 Å². The second kappa shape index (κ2) is 11.8. The predicted molar refractivity (Wildman–Crippen MR) is 170 cm³/mol. The zero-order valence-corrected chi connectivity index (χ0v) is 25.6. The van der Waals surface area contributed by atoms with Gasteiger partial charge in [0, 0.05) is 29.2 Å². The molecule has 1 atom stereocenters. The molecule has 0 radical (unpaired) electrons. The Morgan fingerprint density at radius 3 is 2.55 bits per heavy atom. The largest absolute Gasteiger partial charge is 0.497 e. The number of ether oxygens (including phenoxy) is 2. The van der Waals surface area contributed by atoms with Crippen molar-refractivity contribution in [2.75, 3.05) is 7.11 Å². The van der Waals surface area contributed by atoms with Crippen molar-refractivity contribution in [3.63, 3.8) is 0 Å². The van der Waals surface area contributed by atoms with Crippen molar-refractivity contribution >= 4 is 34.3 Å². The molecule has 0 saturated carbocycles. The van der Waals surface area contributed by atoms with E-state index in [1.807, 2.05) is 85.1 Å². The van der Waals surface area contributed by atoms with Crippen LogP contribution in [0.2, 0.25) is 0 Å². The summed E-state index contributed by atoms with van der Waals surface area (Å²) in [5.74, 6) is 0.166. The van der Waals surface area contributed by atoms with Crippen LogP contribution in [-0.4, -0.2) is 28.3 Å². The number of benzene rings is 3. The second-order valence-electron chi connectivity index (χ2n) is 10.8. The third kappa shape index (κ3) is 5.25. The summed E-state index contributed by atoms with van der Waals surface area (Å²) in [6, 6.07) is 24.4. The van der Waals surface area contributed by atoms with E-state index in [0.717, 1.165) is 27.6 Å². The van der Waals surface area contributed by atoms with Gasteiger partial charge in [-0.25, -0.2) is 9.79 Å². The molecule has 0 bridgehead atoms. The first-order valence-corrected chi connectivity index (χ1v) is 15.0. The molecular formula is C35H30N4O4S. The molecule has 1 aliphatic heterocycles. The molecule has 0 spiro atoms. The Morgan fingerprint density at radius 2 is 1.82 bits per heavy atom. The van der Waals surface area contributed by atoms with E-state index < -0.39 is 12.0 Å². The lowest BCUT2D eigenvalue weighted by molar-refractivity contribution is -0.143. The molecule has 3 heterocycles. The number of carbonyl (C=O) groups is 1. The summed E-state index contributed by atoms with van der Waals surface area (Å²) in [6.45, 7) is 5.87. The fraction of sp³-hybridized carbons (Fsp3) is 0.200. The first-order chi connectivity index (χ1) is 21.3. The Balaban J connectivity index is 1.51. The van der Waals surface area contributed by atoms with Gasteiger partial charge in [-0.05, 0) is 62.2 Å². The van der Waals surface area contributed by atoms with Crippen molar-refractivity contribution < 1.29 is 14.3 Å². The van der Waals surface area contributed by atoms with E-state index in [4.69, 9.17) is 14.5 Å². The van der Waals surface area contributed by atoms with Crippen LogP contribution in [0.4, 0.5) is 0 Å². The summed E-state index contributed by atoms with van der Waals surface area (Å²) in [5, 5.41) is 10.6. The van der Waals surface area contributed by atoms with Gasteiger partial charge in [0.1, 0.15) is 5.75 Å². The summed E-state index contributed by atoms with van der Waals surface area (Å²) in [5.41, 5.74) is 4.74. The molecule has 0 saturated heterocycles. The first kappa shape index (κ1) is 28.9. The van der Waals surface area contributed by atoms with E-state index >= 15 is 0 Å². The number of rotatable bonds is 7. The summed E-state index contributed by atoms with van der Waals surface area (Å²) in [6.07, 6.45) is 3.56. The van der Waals surface area contributed by atoms with Gasteiger partial charge in [-0.2, -0.15) is 5.26 Å². The molecule has 0 N–H and O–H groups in total. The lowest BCUT2D eigenvalue weighted by Crippen LogP contribution is -2.40. The van der Waals surface area contributed by atoms with Crippen LogP contribution in [0, 0.1) is 11.3 Å². The highest BCUT2D eigenvalue weighted by molar-refractivity contribution is 7.07. The summed E-state index contributed by atoms with van der Waals surface area (Å²) in [4.78, 5) is 32.8. The average Bonchev–Trinajstić information content (AvgIpc) is 3.52. The molecule has 0 fully saturated rings. The number of aromatic nitrogens is 2. The molecule has 6 rings (SSSR count). The van der Waals surface area contributed by atoms with Gasteiger partial charge in [-0.15, -0.1) is 0 Å². The van der Waals surface area contributed by atoms with Crippen molar-refractivity contribution in [1.82, 2.24) is 9.13 Å². The monoisotopic (exact) mass is 602 g/mol. The molecule has 0 aliphatic carbocycles. The number of hydrogen-bond donors (Lipinski definition) is 0. The number of hydrogen-bond acceptors (Lipinski definition) is 7. The fourth-order valence-electron chi connectivity index (χ4n) is 5.57. The number of nitrogens with zero attached hydrogens (tertiary/aromatic N) is 4. The topological polar surface area (TPSA) is 98.6 Å². The van der Waals surface area contributed by atoms with E-state index in [2.05, 4.69) is 10.6 Å².